The Bertz CT molecular complexity index is 3510. The average Bonchev–Trinajstić information content (AvgIpc) is 1.25. The third-order valence-corrected chi connectivity index (χ3v) is 24.3. The van der Waals surface area contributed by atoms with Crippen LogP contribution in [0, 0.1) is 35.0 Å². The van der Waals surface area contributed by atoms with Gasteiger partial charge in [-0.3, -0.25) is 19.8 Å². The van der Waals surface area contributed by atoms with Gasteiger partial charge in [-0.05, 0) is 176 Å². The Kier molecular flexibility index (Phi) is 18.9. The molecule has 1 saturated heterocycles. The molecule has 9 N–H and O–H groups in total. The fraction of sp³-hybridized carbons (Fsp3) is 0.605. The molecule has 4 heterocycles. The second-order valence-electron chi connectivity index (χ2n) is 29.2. The number of ether oxygens (including phenoxy) is 5. The molecule has 12 atom stereocenters. The zero-order valence-corrected chi connectivity index (χ0v) is 56.0. The molecular formula is C76H102N6O11. The Morgan fingerprint density at radius 1 is 0.828 bits per heavy atom. The van der Waals surface area contributed by atoms with Crippen LogP contribution in [-0.4, -0.2) is 129 Å². The smallest absolute Gasteiger partial charge is 0.258 e. The lowest BCUT2D eigenvalue weighted by molar-refractivity contribution is -0.153. The van der Waals surface area contributed by atoms with Crippen LogP contribution in [0.3, 0.4) is 0 Å². The number of aliphatic hydroxyl groups is 3. The number of likely N-dealkylation sites (N-methyl/N-ethyl adjacent to an activating group) is 2. The van der Waals surface area contributed by atoms with Crippen LogP contribution >= 0.6 is 0 Å². The van der Waals surface area contributed by atoms with Crippen LogP contribution < -0.4 is 50.3 Å². The number of allylic oxidation sites excluding steroid dienone is 1. The number of imide groups is 1. The van der Waals surface area contributed by atoms with Gasteiger partial charge < -0.3 is 65.4 Å². The van der Waals surface area contributed by atoms with E-state index in [-0.39, 0.29) is 78.1 Å². The lowest BCUT2D eigenvalue weighted by atomic mass is 9.47. The van der Waals surface area contributed by atoms with Crippen molar-refractivity contribution in [3.05, 3.63) is 105 Å². The van der Waals surface area contributed by atoms with E-state index in [1.807, 2.05) is 32.3 Å². The number of carbonyl (C=O) groups excluding carboxylic acids is 2. The topological polar surface area (TPSA) is 225 Å². The Morgan fingerprint density at radius 3 is 2.39 bits per heavy atom. The number of carbonyl (C=O) groups is 2. The van der Waals surface area contributed by atoms with Gasteiger partial charge in [0.25, 0.3) is 11.8 Å². The largest absolute Gasteiger partial charge is 0.502 e. The van der Waals surface area contributed by atoms with Gasteiger partial charge in [0.1, 0.15) is 23.9 Å². The molecule has 2 amide bonds. The lowest BCUT2D eigenvalue weighted by Gasteiger charge is -2.60. The molecule has 5 aliphatic carbocycles. The number of piperidine rings is 1. The molecule has 4 aromatic rings. The zero-order chi connectivity index (χ0) is 65.0. The van der Waals surface area contributed by atoms with Gasteiger partial charge in [-0.1, -0.05) is 82.4 Å². The van der Waals surface area contributed by atoms with Crippen molar-refractivity contribution in [1.82, 2.24) is 26.2 Å². The van der Waals surface area contributed by atoms with E-state index in [4.69, 9.17) is 23.7 Å². The number of anilines is 1. The van der Waals surface area contributed by atoms with Gasteiger partial charge in [-0.25, -0.2) is 0 Å². The highest BCUT2D eigenvalue weighted by atomic mass is 16.5. The van der Waals surface area contributed by atoms with Gasteiger partial charge in [0.2, 0.25) is 5.75 Å². The van der Waals surface area contributed by atoms with Crippen molar-refractivity contribution in [2.45, 2.75) is 184 Å². The van der Waals surface area contributed by atoms with E-state index in [1.54, 1.807) is 24.1 Å². The van der Waals surface area contributed by atoms with Crippen LogP contribution in [0.1, 0.15) is 187 Å². The van der Waals surface area contributed by atoms with Crippen molar-refractivity contribution in [2.75, 3.05) is 79.6 Å². The maximum Gasteiger partial charge on any atom is 0.258 e. The molecule has 502 valence electrons. The summed E-state index contributed by atoms with van der Waals surface area (Å²) in [6.07, 6.45) is 21.4. The minimum absolute atomic E-state index is 0.0212. The minimum Gasteiger partial charge on any atom is -0.502 e. The molecule has 3 saturated carbocycles. The number of amides is 2. The normalized spacial score (nSPS) is 29.1. The molecular weight excluding hydrogens is 1170 g/mol. The third kappa shape index (κ3) is 11.4. The van der Waals surface area contributed by atoms with Crippen molar-refractivity contribution in [2.24, 2.45) is 35.0 Å². The molecule has 4 aromatic carbocycles. The number of benzene rings is 4. The molecule has 17 heteroatoms. The second kappa shape index (κ2) is 26.8. The minimum atomic E-state index is -1.11. The number of aliphatic hydroxyl groups excluding tert-OH is 3. The first-order valence-electron chi connectivity index (χ1n) is 35.3. The van der Waals surface area contributed by atoms with Crippen LogP contribution in [0.25, 0.3) is 17.2 Å². The first-order valence-corrected chi connectivity index (χ1v) is 35.3. The Morgan fingerprint density at radius 2 is 1.61 bits per heavy atom. The van der Waals surface area contributed by atoms with Crippen LogP contribution in [0.2, 0.25) is 0 Å². The molecule has 4 aliphatic heterocycles. The number of phenols is 1. The Hall–Kier alpha value is -6.18. The van der Waals surface area contributed by atoms with Gasteiger partial charge in [-0.15, -0.1) is 0 Å². The number of nitrogens with one attached hydrogen (secondary N) is 5. The molecule has 0 bridgehead atoms. The molecule has 9 aliphatic rings. The first-order chi connectivity index (χ1) is 45.1. The first kappa shape index (κ1) is 65.5. The van der Waals surface area contributed by atoms with E-state index in [9.17, 15) is 30.0 Å². The summed E-state index contributed by atoms with van der Waals surface area (Å²) in [5, 5.41) is 67.0. The van der Waals surface area contributed by atoms with E-state index in [1.165, 1.54) is 26.0 Å². The Balaban J connectivity index is 0.828. The molecule has 0 spiro atoms. The summed E-state index contributed by atoms with van der Waals surface area (Å²) in [5.74, 6) is 0.932. The molecule has 0 aromatic heterocycles. The van der Waals surface area contributed by atoms with Crippen LogP contribution in [0.15, 0.2) is 66.3 Å². The third-order valence-electron chi connectivity index (χ3n) is 24.3. The number of aromatic hydroxyl groups is 1. The van der Waals surface area contributed by atoms with E-state index in [0.29, 0.717) is 77.9 Å². The van der Waals surface area contributed by atoms with E-state index < -0.39 is 40.8 Å². The summed E-state index contributed by atoms with van der Waals surface area (Å²) >= 11 is 0. The molecule has 17 nitrogen and oxygen atoms in total. The summed E-state index contributed by atoms with van der Waals surface area (Å²) in [5.41, 5.74) is 7.30. The number of hydrogen-bond donors (Lipinski definition) is 9. The summed E-state index contributed by atoms with van der Waals surface area (Å²) in [4.78, 5) is 30.3. The number of phenolic OH excluding ortho intramolecular Hbond substituents is 1. The Labute approximate surface area is 550 Å². The molecule has 4 fully saturated rings. The second-order valence-corrected chi connectivity index (χ2v) is 29.2. The van der Waals surface area contributed by atoms with Crippen LogP contribution in [-0.2, 0) is 27.8 Å². The van der Waals surface area contributed by atoms with Gasteiger partial charge in [0.15, 0.2) is 23.5 Å². The highest BCUT2D eigenvalue weighted by molar-refractivity contribution is 6.17. The number of fused-ring (bicyclic) bond motifs is 6. The van der Waals surface area contributed by atoms with Gasteiger partial charge in [0, 0.05) is 100 Å². The average molecular weight is 1280 g/mol. The van der Waals surface area contributed by atoms with Crippen molar-refractivity contribution in [1.29, 1.82) is 0 Å². The molecule has 0 radical (unpaired) electrons. The highest BCUT2D eigenvalue weighted by Crippen LogP contribution is 2.63. The van der Waals surface area contributed by atoms with Gasteiger partial charge in [-0.2, -0.15) is 0 Å². The number of hydrogen-bond acceptors (Lipinski definition) is 16. The fourth-order valence-electron chi connectivity index (χ4n) is 19.5. The van der Waals surface area contributed by atoms with Crippen LogP contribution in [0.4, 0.5) is 5.69 Å². The van der Waals surface area contributed by atoms with E-state index in [0.717, 1.165) is 142 Å². The number of rotatable bonds is 24. The highest BCUT2D eigenvalue weighted by Gasteiger charge is 2.61. The van der Waals surface area contributed by atoms with Crippen molar-refractivity contribution in [3.8, 4) is 45.6 Å². The summed E-state index contributed by atoms with van der Waals surface area (Å²) in [6.45, 7) is 9.34. The standard InChI is InChI=1S/C76H102N6O11/c1-8-73(3,32-33-77-4)31-26-47-17-14-30-76(55(47)24-20-45(2)81-76)93-61-40-59(90-35-34-78-5)51-22-23-52-65-58(80-71(87)68(61)67(51)65)39-60-66(52)69(85)53(44-92-60)48-36-62(89-7)70(86)63(37-48)91-43-50(42-83)75-29-15-19-56(57(75)25-21-46-16-10-11-18-54(46)75)74(27-12-9-13-28-74)82-64(84)38-49(41-79-6)72(82)88/h10-11,16,18,21,25,36-40,45,47,50,53,55-57,69,71,77-81,83,85-87H,8-9,12-15,17,19-20,22-24,26-35,41-44H2,1-7H3. The van der Waals surface area contributed by atoms with Crippen molar-refractivity contribution < 1.29 is 53.7 Å². The number of nitrogens with zero attached hydrogens (tertiary/aromatic N) is 1. The van der Waals surface area contributed by atoms with E-state index >= 15 is 0 Å². The zero-order valence-electron chi connectivity index (χ0n) is 56.0. The van der Waals surface area contributed by atoms with Gasteiger partial charge >= 0.3 is 0 Å². The van der Waals surface area contributed by atoms with E-state index in [2.05, 4.69) is 77.7 Å². The molecule has 12 unspecified atom stereocenters. The van der Waals surface area contributed by atoms with Gasteiger partial charge in [0.05, 0.1) is 44.1 Å². The van der Waals surface area contributed by atoms with Crippen molar-refractivity contribution >= 4 is 23.6 Å². The maximum absolute atomic E-state index is 14.5. The maximum atomic E-state index is 14.5. The molecule has 13 rings (SSSR count). The monoisotopic (exact) mass is 1270 g/mol. The summed E-state index contributed by atoms with van der Waals surface area (Å²) in [6, 6.07) is 16.1. The van der Waals surface area contributed by atoms with Crippen molar-refractivity contribution in [3.63, 3.8) is 0 Å². The molecule has 93 heavy (non-hydrogen) atoms. The predicted molar refractivity (Wildman–Crippen MR) is 361 cm³/mol. The quantitative estimate of drug-likeness (QED) is 0.0235. The fourth-order valence-corrected chi connectivity index (χ4v) is 19.5. The predicted octanol–water partition coefficient (Wildman–Crippen LogP) is 11.0. The lowest BCUT2D eigenvalue weighted by Crippen LogP contribution is -2.65. The summed E-state index contributed by atoms with van der Waals surface area (Å²) < 4.78 is 34.0. The van der Waals surface area contributed by atoms with Crippen LogP contribution in [0.5, 0.6) is 34.5 Å². The summed E-state index contributed by atoms with van der Waals surface area (Å²) in [7, 11) is 7.26. The number of methoxy groups -OCH3 is 1. The SMILES string of the molecule is CCC(C)(CCNC)CCC1CCCC2(Oc3cc(OCCNC)c4c5c3C(O)Nc3cc6c(c(c3-5)CC4)C(O)C(c3cc(OC)c(O)c(OCC(CO)C45CCCC(C7(N8C(=O)C=C(CNC)C8=O)CCCCC7)C4C=Cc4ccccc45)c3)CO6)NC(C)CCC12.